The van der Waals surface area contributed by atoms with E-state index in [2.05, 4.69) is 0 Å². The molecule has 0 atom stereocenters. The van der Waals surface area contributed by atoms with Crippen LogP contribution in [0.15, 0.2) is 52.1 Å². The molecule has 0 saturated heterocycles. The highest BCUT2D eigenvalue weighted by molar-refractivity contribution is 6.32. The minimum atomic E-state index is -1.36. The number of hydrogen-bond acceptors (Lipinski definition) is 6. The number of hydrogen-bond donors (Lipinski definition) is 1. The van der Waals surface area contributed by atoms with E-state index in [-0.39, 0.29) is 21.6 Å². The first kappa shape index (κ1) is 22.1. The topological polar surface area (TPSA) is 120 Å². The Bertz CT molecular complexity index is 1280. The maximum atomic E-state index is 13.0. The van der Waals surface area contributed by atoms with Gasteiger partial charge in [0.2, 0.25) is 0 Å². The molecule has 0 unspecified atom stereocenters. The summed E-state index contributed by atoms with van der Waals surface area (Å²) >= 11 is 6.12. The van der Waals surface area contributed by atoms with Crippen molar-refractivity contribution in [1.29, 1.82) is 0 Å². The Balaban J connectivity index is 2.08. The van der Waals surface area contributed by atoms with Crippen LogP contribution in [0.4, 0.5) is 5.69 Å². The Morgan fingerprint density at radius 1 is 1.06 bits per heavy atom. The van der Waals surface area contributed by atoms with Crippen molar-refractivity contribution in [1.82, 2.24) is 9.13 Å². The number of carboxylic acid groups (broad SMARTS) is 1. The summed E-state index contributed by atoms with van der Waals surface area (Å²) < 4.78 is 6.68. The fraction of sp³-hybridized carbons (Fsp3) is 0.200. The van der Waals surface area contributed by atoms with Crippen molar-refractivity contribution in [2.75, 3.05) is 19.3 Å². The van der Waals surface area contributed by atoms with Gasteiger partial charge in [-0.05, 0) is 30.3 Å². The van der Waals surface area contributed by atoms with Crippen LogP contribution in [0.5, 0.6) is 5.75 Å². The van der Waals surface area contributed by atoms with Gasteiger partial charge in [-0.15, -0.1) is 0 Å². The van der Waals surface area contributed by atoms with Gasteiger partial charge in [0.15, 0.2) is 0 Å². The highest BCUT2D eigenvalue weighted by atomic mass is 35.5. The number of aromatic nitrogens is 2. The predicted molar refractivity (Wildman–Crippen MR) is 113 cm³/mol. The van der Waals surface area contributed by atoms with E-state index in [1.165, 1.54) is 32.4 Å². The third-order valence-electron chi connectivity index (χ3n) is 4.50. The van der Waals surface area contributed by atoms with E-state index in [9.17, 15) is 19.2 Å². The Labute approximate surface area is 180 Å². The first-order valence-electron chi connectivity index (χ1n) is 8.93. The zero-order chi connectivity index (χ0) is 22.7. The number of carbonyl (C=O) groups excluding carboxylic acids is 1. The summed E-state index contributed by atoms with van der Waals surface area (Å²) in [6.07, 6.45) is 0. The number of ether oxygens (including phenoxy) is 1. The van der Waals surface area contributed by atoms with E-state index in [0.717, 1.165) is 9.63 Å². The lowest BCUT2D eigenvalue weighted by atomic mass is 10.2. The smallest absolute Gasteiger partial charge is 0.332 e. The SMILES string of the molecule is COc1ccc(N(OC)C(=O)Cn2c(=O)n(CC(=O)O)c(=O)c3ccccc32)cc1Cl. The summed E-state index contributed by atoms with van der Waals surface area (Å²) in [6.45, 7) is -1.35. The number of para-hydroxylation sites is 1. The molecule has 0 aliphatic heterocycles. The molecule has 1 amide bonds. The molecule has 1 heterocycles. The minimum absolute atomic E-state index is 0.104. The lowest BCUT2D eigenvalue weighted by molar-refractivity contribution is -0.137. The molecule has 0 bridgehead atoms. The van der Waals surface area contributed by atoms with E-state index >= 15 is 0 Å². The number of anilines is 1. The average molecular weight is 448 g/mol. The number of carboxylic acids is 1. The van der Waals surface area contributed by atoms with Crippen molar-refractivity contribution in [3.05, 3.63) is 68.3 Å². The van der Waals surface area contributed by atoms with Gasteiger partial charge in [-0.3, -0.25) is 23.8 Å². The minimum Gasteiger partial charge on any atom is -0.495 e. The van der Waals surface area contributed by atoms with Gasteiger partial charge in [0, 0.05) is 0 Å². The number of methoxy groups -OCH3 is 1. The van der Waals surface area contributed by atoms with E-state index in [1.54, 1.807) is 24.3 Å². The number of rotatable bonds is 7. The van der Waals surface area contributed by atoms with Gasteiger partial charge in [0.05, 0.1) is 35.8 Å². The fourth-order valence-corrected chi connectivity index (χ4v) is 3.38. The third kappa shape index (κ3) is 4.30. The lowest BCUT2D eigenvalue weighted by Crippen LogP contribution is -2.44. The average Bonchev–Trinajstić information content (AvgIpc) is 2.74. The molecule has 0 aliphatic carbocycles. The number of halogens is 1. The predicted octanol–water partition coefficient (Wildman–Crippen LogP) is 1.50. The first-order chi connectivity index (χ1) is 14.8. The number of hydroxylamine groups is 1. The van der Waals surface area contributed by atoms with Crippen LogP contribution in [-0.4, -0.2) is 40.3 Å². The zero-order valence-electron chi connectivity index (χ0n) is 16.6. The Kier molecular flexibility index (Phi) is 6.42. The number of amides is 1. The van der Waals surface area contributed by atoms with Crippen LogP contribution in [0, 0.1) is 0 Å². The Morgan fingerprint density at radius 3 is 2.39 bits per heavy atom. The van der Waals surface area contributed by atoms with Crippen molar-refractivity contribution in [3.8, 4) is 5.75 Å². The molecule has 31 heavy (non-hydrogen) atoms. The van der Waals surface area contributed by atoms with Crippen LogP contribution in [0.25, 0.3) is 10.9 Å². The van der Waals surface area contributed by atoms with E-state index in [4.69, 9.17) is 26.3 Å². The van der Waals surface area contributed by atoms with Gasteiger partial charge < -0.3 is 9.84 Å². The van der Waals surface area contributed by atoms with Crippen molar-refractivity contribution in [2.45, 2.75) is 13.1 Å². The molecule has 3 rings (SSSR count). The van der Waals surface area contributed by atoms with Crippen LogP contribution in [0.1, 0.15) is 0 Å². The molecule has 162 valence electrons. The van der Waals surface area contributed by atoms with Gasteiger partial charge in [-0.2, -0.15) is 5.06 Å². The van der Waals surface area contributed by atoms with Crippen LogP contribution >= 0.6 is 11.6 Å². The van der Waals surface area contributed by atoms with Gasteiger partial charge >= 0.3 is 11.7 Å². The lowest BCUT2D eigenvalue weighted by Gasteiger charge is -2.21. The molecule has 1 N–H and O–H groups in total. The fourth-order valence-electron chi connectivity index (χ4n) is 3.13. The second-order valence-corrected chi connectivity index (χ2v) is 6.77. The Hall–Kier alpha value is -3.63. The molecule has 0 aliphatic rings. The van der Waals surface area contributed by atoms with Crippen LogP contribution in [-0.2, 0) is 27.5 Å². The van der Waals surface area contributed by atoms with E-state index in [0.29, 0.717) is 10.3 Å². The molecule has 2 aromatic carbocycles. The molecular formula is C20H18ClN3O7. The normalized spacial score (nSPS) is 10.8. The van der Waals surface area contributed by atoms with Crippen molar-refractivity contribution in [3.63, 3.8) is 0 Å². The standard InChI is InChI=1S/C20H18ClN3O7/c1-30-16-8-7-12(9-14(16)21)24(31-2)17(25)10-22-15-6-4-3-5-13(15)19(28)23(20(22)29)11-18(26)27/h3-9H,10-11H2,1-2H3,(H,26,27). The summed E-state index contributed by atoms with van der Waals surface area (Å²) in [5.74, 6) is -1.62. The maximum Gasteiger partial charge on any atom is 0.332 e. The molecule has 0 spiro atoms. The Morgan fingerprint density at radius 2 is 1.77 bits per heavy atom. The van der Waals surface area contributed by atoms with E-state index < -0.39 is 36.2 Å². The monoisotopic (exact) mass is 447 g/mol. The molecule has 0 saturated carbocycles. The van der Waals surface area contributed by atoms with Crippen molar-refractivity contribution < 1.29 is 24.3 Å². The van der Waals surface area contributed by atoms with Crippen LogP contribution in [0.3, 0.4) is 0 Å². The summed E-state index contributed by atoms with van der Waals surface area (Å²) in [7, 11) is 2.71. The number of fused-ring (bicyclic) bond motifs is 1. The number of aliphatic carboxylic acids is 1. The van der Waals surface area contributed by atoms with Crippen LogP contribution in [0.2, 0.25) is 5.02 Å². The van der Waals surface area contributed by atoms with Gasteiger partial charge in [0.25, 0.3) is 11.5 Å². The van der Waals surface area contributed by atoms with Gasteiger partial charge in [0.1, 0.15) is 18.8 Å². The molecule has 1 aromatic heterocycles. The van der Waals surface area contributed by atoms with Crippen molar-refractivity contribution in [2.24, 2.45) is 0 Å². The number of nitrogens with zero attached hydrogens (tertiary/aromatic N) is 3. The van der Waals surface area contributed by atoms with E-state index in [1.807, 2.05) is 0 Å². The largest absolute Gasteiger partial charge is 0.495 e. The second-order valence-electron chi connectivity index (χ2n) is 6.36. The number of carbonyl (C=O) groups is 2. The molecule has 10 nitrogen and oxygen atoms in total. The molecule has 0 radical (unpaired) electrons. The molecular weight excluding hydrogens is 430 g/mol. The highest BCUT2D eigenvalue weighted by Gasteiger charge is 2.22. The summed E-state index contributed by atoms with van der Waals surface area (Å²) in [6, 6.07) is 10.7. The molecule has 11 heteroatoms. The molecule has 3 aromatic rings. The zero-order valence-corrected chi connectivity index (χ0v) is 17.3. The summed E-state index contributed by atoms with van der Waals surface area (Å²) in [5.41, 5.74) is -1.20. The number of benzene rings is 2. The van der Waals surface area contributed by atoms with Crippen molar-refractivity contribution >= 4 is 40.1 Å². The highest BCUT2D eigenvalue weighted by Crippen LogP contribution is 2.29. The van der Waals surface area contributed by atoms with Crippen LogP contribution < -0.4 is 21.0 Å². The van der Waals surface area contributed by atoms with Gasteiger partial charge in [-0.1, -0.05) is 23.7 Å². The quantitative estimate of drug-likeness (QED) is 0.545. The third-order valence-corrected chi connectivity index (χ3v) is 4.79. The molecule has 0 fully saturated rings. The summed E-state index contributed by atoms with van der Waals surface area (Å²) in [5, 5.41) is 10.4. The van der Waals surface area contributed by atoms with Gasteiger partial charge in [-0.25, -0.2) is 9.36 Å². The maximum absolute atomic E-state index is 13.0. The second kappa shape index (κ2) is 9.02. The first-order valence-corrected chi connectivity index (χ1v) is 9.31. The summed E-state index contributed by atoms with van der Waals surface area (Å²) in [4.78, 5) is 54.7.